The number of aromatic hydroxyl groups is 2. The van der Waals surface area contributed by atoms with Gasteiger partial charge in [-0.05, 0) is 17.7 Å². The van der Waals surface area contributed by atoms with Gasteiger partial charge >= 0.3 is 0 Å². The molecular weight excluding hydrogens is 216 g/mol. The zero-order chi connectivity index (χ0) is 12.0. The van der Waals surface area contributed by atoms with E-state index in [1.807, 2.05) is 18.2 Å². The standard InChI is InChI=1S/C14H10O3/c15-12-6-5-10-11(14(12)17)7-8-3-1-2-4-9(8)13(10)16/h1-6,15,17H,7H2. The number of carbonyl (C=O) groups excluding carboxylic acids is 1. The number of hydrogen-bond acceptors (Lipinski definition) is 3. The molecule has 0 fully saturated rings. The highest BCUT2D eigenvalue weighted by molar-refractivity contribution is 6.12. The summed E-state index contributed by atoms with van der Waals surface area (Å²) in [5.41, 5.74) is 2.53. The summed E-state index contributed by atoms with van der Waals surface area (Å²) in [5.74, 6) is -0.474. The van der Waals surface area contributed by atoms with E-state index in [1.165, 1.54) is 6.07 Å². The Bertz CT molecular complexity index is 629. The zero-order valence-corrected chi connectivity index (χ0v) is 8.97. The van der Waals surface area contributed by atoms with Crippen molar-refractivity contribution in [2.45, 2.75) is 6.42 Å². The van der Waals surface area contributed by atoms with Crippen LogP contribution in [-0.4, -0.2) is 16.0 Å². The highest BCUT2D eigenvalue weighted by atomic mass is 16.3. The van der Waals surface area contributed by atoms with Gasteiger partial charge in [-0.15, -0.1) is 0 Å². The van der Waals surface area contributed by atoms with E-state index >= 15 is 0 Å². The first-order chi connectivity index (χ1) is 8.18. The van der Waals surface area contributed by atoms with Crippen LogP contribution in [0.25, 0.3) is 0 Å². The Morgan fingerprint density at radius 3 is 2.53 bits per heavy atom. The van der Waals surface area contributed by atoms with Crippen molar-refractivity contribution >= 4 is 5.78 Å². The highest BCUT2D eigenvalue weighted by Gasteiger charge is 2.25. The molecule has 0 spiro atoms. The SMILES string of the molecule is O=C1c2ccccc2Cc2c1ccc(O)c2O. The predicted molar refractivity (Wildman–Crippen MR) is 62.5 cm³/mol. The molecule has 0 bridgehead atoms. The fraction of sp³-hybridized carbons (Fsp3) is 0.0714. The molecule has 3 heteroatoms. The quantitative estimate of drug-likeness (QED) is 0.578. The molecule has 0 heterocycles. The van der Waals surface area contributed by atoms with Crippen LogP contribution >= 0.6 is 0 Å². The number of phenols is 2. The first-order valence-corrected chi connectivity index (χ1v) is 5.35. The lowest BCUT2D eigenvalue weighted by molar-refractivity contribution is 0.103. The average Bonchev–Trinajstić information content (AvgIpc) is 2.35. The third-order valence-corrected chi connectivity index (χ3v) is 3.14. The third kappa shape index (κ3) is 1.32. The lowest BCUT2D eigenvalue weighted by Gasteiger charge is -2.19. The first-order valence-electron chi connectivity index (χ1n) is 5.35. The van der Waals surface area contributed by atoms with Crippen molar-refractivity contribution in [3.8, 4) is 11.5 Å². The Kier molecular flexibility index (Phi) is 1.95. The van der Waals surface area contributed by atoms with Gasteiger partial charge in [0.15, 0.2) is 17.3 Å². The highest BCUT2D eigenvalue weighted by Crippen LogP contribution is 2.37. The number of benzene rings is 2. The van der Waals surface area contributed by atoms with E-state index in [-0.39, 0.29) is 17.3 Å². The second kappa shape index (κ2) is 3.35. The van der Waals surface area contributed by atoms with Gasteiger partial charge in [0.05, 0.1) is 0 Å². The molecule has 0 unspecified atom stereocenters. The van der Waals surface area contributed by atoms with Crippen LogP contribution in [0.2, 0.25) is 0 Å². The van der Waals surface area contributed by atoms with Crippen LogP contribution in [0.5, 0.6) is 11.5 Å². The molecule has 0 saturated heterocycles. The number of carbonyl (C=O) groups is 1. The normalized spacial score (nSPS) is 13.1. The van der Waals surface area contributed by atoms with Crippen molar-refractivity contribution in [3.05, 3.63) is 58.7 Å². The molecule has 1 aliphatic carbocycles. The van der Waals surface area contributed by atoms with Gasteiger partial charge in [-0.3, -0.25) is 4.79 Å². The summed E-state index contributed by atoms with van der Waals surface area (Å²) in [5, 5.41) is 19.2. The van der Waals surface area contributed by atoms with E-state index in [0.717, 1.165) is 5.56 Å². The Balaban J connectivity index is 2.27. The second-order valence-corrected chi connectivity index (χ2v) is 4.12. The number of hydrogen-bond donors (Lipinski definition) is 2. The van der Waals surface area contributed by atoms with Crippen LogP contribution in [-0.2, 0) is 6.42 Å². The van der Waals surface area contributed by atoms with Crippen LogP contribution in [0.15, 0.2) is 36.4 Å². The zero-order valence-electron chi connectivity index (χ0n) is 8.97. The Labute approximate surface area is 98.0 Å². The van der Waals surface area contributed by atoms with E-state index in [2.05, 4.69) is 0 Å². The van der Waals surface area contributed by atoms with E-state index < -0.39 is 0 Å². The van der Waals surface area contributed by atoms with Crippen LogP contribution in [0.3, 0.4) is 0 Å². The van der Waals surface area contributed by atoms with Crippen molar-refractivity contribution in [1.29, 1.82) is 0 Å². The van der Waals surface area contributed by atoms with Crippen LogP contribution in [0.4, 0.5) is 0 Å². The molecule has 0 aromatic heterocycles. The van der Waals surface area contributed by atoms with Crippen molar-refractivity contribution in [2.24, 2.45) is 0 Å². The number of fused-ring (bicyclic) bond motifs is 2. The maximum absolute atomic E-state index is 12.2. The predicted octanol–water partition coefficient (Wildman–Crippen LogP) is 2.23. The van der Waals surface area contributed by atoms with E-state index in [4.69, 9.17) is 0 Å². The summed E-state index contributed by atoms with van der Waals surface area (Å²) >= 11 is 0. The molecule has 17 heavy (non-hydrogen) atoms. The maximum Gasteiger partial charge on any atom is 0.193 e. The fourth-order valence-electron chi connectivity index (χ4n) is 2.25. The Morgan fingerprint density at radius 1 is 0.941 bits per heavy atom. The van der Waals surface area contributed by atoms with E-state index in [1.54, 1.807) is 12.1 Å². The van der Waals surface area contributed by atoms with Gasteiger partial charge in [-0.2, -0.15) is 0 Å². The van der Waals surface area contributed by atoms with Crippen LogP contribution < -0.4 is 0 Å². The van der Waals surface area contributed by atoms with Gasteiger partial charge in [-0.25, -0.2) is 0 Å². The minimum absolute atomic E-state index is 0.0999. The van der Waals surface area contributed by atoms with Gasteiger partial charge in [0, 0.05) is 23.1 Å². The molecule has 0 saturated carbocycles. The van der Waals surface area contributed by atoms with Crippen molar-refractivity contribution < 1.29 is 15.0 Å². The molecule has 84 valence electrons. The van der Waals surface area contributed by atoms with Crippen molar-refractivity contribution in [2.75, 3.05) is 0 Å². The van der Waals surface area contributed by atoms with Gasteiger partial charge in [0.25, 0.3) is 0 Å². The molecule has 1 aliphatic rings. The van der Waals surface area contributed by atoms with Crippen LogP contribution in [0, 0.1) is 0 Å². The molecule has 3 nitrogen and oxygen atoms in total. The lowest BCUT2D eigenvalue weighted by atomic mass is 9.84. The summed E-state index contributed by atoms with van der Waals surface area (Å²) in [4.78, 5) is 12.2. The van der Waals surface area contributed by atoms with Crippen molar-refractivity contribution in [1.82, 2.24) is 0 Å². The molecule has 2 N–H and O–H groups in total. The number of rotatable bonds is 0. The van der Waals surface area contributed by atoms with Gasteiger partial charge in [0.2, 0.25) is 0 Å². The van der Waals surface area contributed by atoms with E-state index in [9.17, 15) is 15.0 Å². The molecule has 0 atom stereocenters. The minimum atomic E-state index is -0.189. The third-order valence-electron chi connectivity index (χ3n) is 3.14. The van der Waals surface area contributed by atoms with Gasteiger partial charge in [-0.1, -0.05) is 24.3 Å². The summed E-state index contributed by atoms with van der Waals surface area (Å²) in [6.07, 6.45) is 0.470. The molecule has 2 aromatic rings. The summed E-state index contributed by atoms with van der Waals surface area (Å²) in [6, 6.07) is 10.2. The average molecular weight is 226 g/mol. The molecule has 3 rings (SSSR count). The van der Waals surface area contributed by atoms with E-state index in [0.29, 0.717) is 23.1 Å². The van der Waals surface area contributed by atoms with Crippen molar-refractivity contribution in [3.63, 3.8) is 0 Å². The lowest BCUT2D eigenvalue weighted by Crippen LogP contribution is -2.14. The second-order valence-electron chi connectivity index (χ2n) is 4.12. The fourth-order valence-corrected chi connectivity index (χ4v) is 2.25. The maximum atomic E-state index is 12.2. The molecule has 0 radical (unpaired) electrons. The number of ketones is 1. The largest absolute Gasteiger partial charge is 0.504 e. The Morgan fingerprint density at radius 2 is 1.71 bits per heavy atom. The topological polar surface area (TPSA) is 57.5 Å². The minimum Gasteiger partial charge on any atom is -0.504 e. The first kappa shape index (κ1) is 9.90. The molecular formula is C14H10O3. The van der Waals surface area contributed by atoms with Crippen LogP contribution in [0.1, 0.15) is 27.0 Å². The van der Waals surface area contributed by atoms with Gasteiger partial charge in [0.1, 0.15) is 0 Å². The molecule has 0 aliphatic heterocycles. The Hall–Kier alpha value is -2.29. The molecule has 2 aromatic carbocycles. The monoisotopic (exact) mass is 226 g/mol. The summed E-state index contributed by atoms with van der Waals surface area (Å²) < 4.78 is 0. The molecule has 0 amide bonds. The summed E-state index contributed by atoms with van der Waals surface area (Å²) in [6.45, 7) is 0. The smallest absolute Gasteiger partial charge is 0.193 e. The number of phenolic OH excluding ortho intramolecular Hbond substituents is 2. The summed E-state index contributed by atoms with van der Waals surface area (Å²) in [7, 11) is 0. The van der Waals surface area contributed by atoms with Gasteiger partial charge < -0.3 is 10.2 Å².